The molecule has 3 nitrogen and oxygen atoms in total. The first kappa shape index (κ1) is 15.3. The van der Waals surface area contributed by atoms with Crippen molar-refractivity contribution in [2.45, 2.75) is 71.5 Å². The third-order valence-electron chi connectivity index (χ3n) is 5.04. The number of hydrogen-bond donors (Lipinski definition) is 0. The highest BCUT2D eigenvalue weighted by Gasteiger charge is 2.50. The van der Waals surface area contributed by atoms with Crippen LogP contribution in [0.2, 0.25) is 0 Å². The van der Waals surface area contributed by atoms with Gasteiger partial charge in [0.25, 0.3) is 0 Å². The summed E-state index contributed by atoms with van der Waals surface area (Å²) in [4.78, 5) is 5.19. The van der Waals surface area contributed by atoms with Crippen molar-refractivity contribution in [1.82, 2.24) is 9.80 Å². The minimum Gasteiger partial charge on any atom is -0.377 e. The van der Waals surface area contributed by atoms with E-state index in [1.165, 1.54) is 12.8 Å². The lowest BCUT2D eigenvalue weighted by Crippen LogP contribution is -2.68. The molecule has 1 spiro atoms. The molecule has 112 valence electrons. The molecule has 2 rings (SSSR count). The maximum absolute atomic E-state index is 5.56. The minimum absolute atomic E-state index is 0.248. The molecule has 0 unspecified atom stereocenters. The van der Waals surface area contributed by atoms with Crippen LogP contribution < -0.4 is 0 Å². The van der Waals surface area contributed by atoms with E-state index in [2.05, 4.69) is 58.4 Å². The Hall–Kier alpha value is -0.120. The third-order valence-corrected chi connectivity index (χ3v) is 5.04. The normalized spacial score (nSPS) is 30.9. The number of rotatable bonds is 1. The third kappa shape index (κ3) is 2.84. The van der Waals surface area contributed by atoms with Crippen molar-refractivity contribution in [3.63, 3.8) is 0 Å². The number of likely N-dealkylation sites (N-methyl/N-ethyl adjacent to an activating group) is 1. The first-order valence-corrected chi connectivity index (χ1v) is 7.64. The quantitative estimate of drug-likeness (QED) is 0.727. The van der Waals surface area contributed by atoms with Gasteiger partial charge in [0.15, 0.2) is 0 Å². The van der Waals surface area contributed by atoms with Crippen LogP contribution in [0.5, 0.6) is 0 Å². The van der Waals surface area contributed by atoms with Crippen LogP contribution in [0.25, 0.3) is 0 Å². The van der Waals surface area contributed by atoms with Gasteiger partial charge < -0.3 is 4.74 Å². The zero-order chi connectivity index (χ0) is 14.5. The average molecular weight is 268 g/mol. The second kappa shape index (κ2) is 4.71. The van der Waals surface area contributed by atoms with Gasteiger partial charge in [0.05, 0.1) is 25.4 Å². The van der Waals surface area contributed by atoms with Gasteiger partial charge in [0.1, 0.15) is 0 Å². The SMILES string of the molecule is CC(C)N1CN(C)C2(COC2)CC(C)(C)CC1(C)C. The van der Waals surface area contributed by atoms with E-state index in [0.717, 1.165) is 19.9 Å². The minimum atomic E-state index is 0.248. The van der Waals surface area contributed by atoms with E-state index in [9.17, 15) is 0 Å². The Morgan fingerprint density at radius 1 is 1.00 bits per heavy atom. The van der Waals surface area contributed by atoms with Gasteiger partial charge in [-0.15, -0.1) is 0 Å². The first-order valence-electron chi connectivity index (χ1n) is 7.64. The zero-order valence-electron chi connectivity index (χ0n) is 13.9. The molecule has 0 aromatic carbocycles. The largest absolute Gasteiger partial charge is 0.377 e. The summed E-state index contributed by atoms with van der Waals surface area (Å²) in [6.07, 6.45) is 2.49. The maximum atomic E-state index is 5.56. The molecule has 3 heteroatoms. The number of hydrogen-bond acceptors (Lipinski definition) is 3. The molecule has 0 bridgehead atoms. The van der Waals surface area contributed by atoms with Crippen LogP contribution in [0.1, 0.15) is 54.4 Å². The molecule has 2 aliphatic rings. The fourth-order valence-electron chi connectivity index (χ4n) is 4.45. The van der Waals surface area contributed by atoms with Crippen LogP contribution >= 0.6 is 0 Å². The molecule has 19 heavy (non-hydrogen) atoms. The summed E-state index contributed by atoms with van der Waals surface area (Å²) in [7, 11) is 2.27. The molecule has 0 amide bonds. The highest BCUT2D eigenvalue weighted by molar-refractivity contribution is 5.03. The van der Waals surface area contributed by atoms with Crippen LogP contribution in [0, 0.1) is 5.41 Å². The van der Waals surface area contributed by atoms with Gasteiger partial charge >= 0.3 is 0 Å². The first-order chi connectivity index (χ1) is 8.58. The Labute approximate surface area is 119 Å². The maximum Gasteiger partial charge on any atom is 0.0691 e. The predicted molar refractivity (Wildman–Crippen MR) is 80.2 cm³/mol. The van der Waals surface area contributed by atoms with Crippen molar-refractivity contribution in [3.05, 3.63) is 0 Å². The van der Waals surface area contributed by atoms with Crippen LogP contribution in [0.4, 0.5) is 0 Å². The van der Waals surface area contributed by atoms with E-state index in [1.54, 1.807) is 0 Å². The van der Waals surface area contributed by atoms with Gasteiger partial charge in [0, 0.05) is 11.6 Å². The smallest absolute Gasteiger partial charge is 0.0691 e. The molecule has 0 radical (unpaired) electrons. The standard InChI is InChI=1S/C16H32N2O/c1-13(2)18-12-17(7)16(10-19-11-16)9-14(3,4)8-15(18,5)6/h13H,8-12H2,1-7H3. The monoisotopic (exact) mass is 268 g/mol. The molecule has 0 aromatic rings. The summed E-state index contributed by atoms with van der Waals surface area (Å²) in [6.45, 7) is 17.1. The van der Waals surface area contributed by atoms with Crippen molar-refractivity contribution in [2.24, 2.45) is 5.41 Å². The summed E-state index contributed by atoms with van der Waals surface area (Å²) in [5, 5.41) is 0. The summed E-state index contributed by atoms with van der Waals surface area (Å²) < 4.78 is 5.56. The molecule has 2 aliphatic heterocycles. The van der Waals surface area contributed by atoms with Crippen molar-refractivity contribution in [1.29, 1.82) is 0 Å². The van der Waals surface area contributed by atoms with Gasteiger partial charge in [0.2, 0.25) is 0 Å². The molecule has 0 atom stereocenters. The summed E-state index contributed by atoms with van der Waals surface area (Å²) in [5.41, 5.74) is 0.875. The molecule has 2 fully saturated rings. The van der Waals surface area contributed by atoms with Gasteiger partial charge in [-0.2, -0.15) is 0 Å². The zero-order valence-corrected chi connectivity index (χ0v) is 13.9. The van der Waals surface area contributed by atoms with Crippen LogP contribution in [-0.4, -0.2) is 53.8 Å². The Kier molecular flexibility index (Phi) is 3.79. The average Bonchev–Trinajstić information content (AvgIpc) is 2.15. The molecular weight excluding hydrogens is 236 g/mol. The van der Waals surface area contributed by atoms with Crippen LogP contribution in [0.3, 0.4) is 0 Å². The van der Waals surface area contributed by atoms with E-state index in [4.69, 9.17) is 4.74 Å². The lowest BCUT2D eigenvalue weighted by atomic mass is 9.69. The van der Waals surface area contributed by atoms with Crippen molar-refractivity contribution < 1.29 is 4.74 Å². The molecule has 0 aromatic heterocycles. The molecule has 0 N–H and O–H groups in total. The second-order valence-electron chi connectivity index (χ2n) is 8.45. The summed E-state index contributed by atoms with van der Waals surface area (Å²) >= 11 is 0. The summed E-state index contributed by atoms with van der Waals surface area (Å²) in [5.74, 6) is 0. The van der Waals surface area contributed by atoms with Crippen molar-refractivity contribution in [3.8, 4) is 0 Å². The fraction of sp³-hybridized carbons (Fsp3) is 1.00. The van der Waals surface area contributed by atoms with E-state index < -0.39 is 0 Å². The van der Waals surface area contributed by atoms with Crippen LogP contribution in [0.15, 0.2) is 0 Å². The Balaban J connectivity index is 2.30. The highest BCUT2D eigenvalue weighted by Crippen LogP contribution is 2.45. The van der Waals surface area contributed by atoms with Crippen molar-refractivity contribution in [2.75, 3.05) is 26.9 Å². The van der Waals surface area contributed by atoms with E-state index in [1.807, 2.05) is 0 Å². The molecule has 2 saturated heterocycles. The number of nitrogens with zero attached hydrogens (tertiary/aromatic N) is 2. The lowest BCUT2D eigenvalue weighted by Gasteiger charge is -2.58. The number of ether oxygens (including phenoxy) is 1. The van der Waals surface area contributed by atoms with E-state index >= 15 is 0 Å². The Morgan fingerprint density at radius 2 is 1.58 bits per heavy atom. The molecule has 0 aliphatic carbocycles. The van der Waals surface area contributed by atoms with Gasteiger partial charge in [-0.25, -0.2) is 0 Å². The molecule has 0 saturated carbocycles. The fourth-order valence-corrected chi connectivity index (χ4v) is 4.45. The van der Waals surface area contributed by atoms with Crippen LogP contribution in [-0.2, 0) is 4.74 Å². The van der Waals surface area contributed by atoms with Gasteiger partial charge in [-0.1, -0.05) is 13.8 Å². The van der Waals surface area contributed by atoms with Crippen molar-refractivity contribution >= 4 is 0 Å². The van der Waals surface area contributed by atoms with Gasteiger partial charge in [-0.3, -0.25) is 9.80 Å². The Morgan fingerprint density at radius 3 is 2.00 bits per heavy atom. The Bertz CT molecular complexity index is 332. The van der Waals surface area contributed by atoms with Gasteiger partial charge in [-0.05, 0) is 53.0 Å². The molecular formula is C16H32N2O. The highest BCUT2D eigenvalue weighted by atomic mass is 16.5. The second-order valence-corrected chi connectivity index (χ2v) is 8.45. The summed E-state index contributed by atoms with van der Waals surface area (Å²) in [6, 6.07) is 0.574. The van der Waals surface area contributed by atoms with E-state index in [-0.39, 0.29) is 11.1 Å². The lowest BCUT2D eigenvalue weighted by molar-refractivity contribution is -0.183. The van der Waals surface area contributed by atoms with E-state index in [0.29, 0.717) is 11.5 Å². The topological polar surface area (TPSA) is 15.7 Å². The predicted octanol–water partition coefficient (Wildman–Crippen LogP) is 2.95. The molecule has 2 heterocycles.